The minimum absolute atomic E-state index is 0.275. The van der Waals surface area contributed by atoms with E-state index in [1.807, 2.05) is 19.2 Å². The molecule has 0 amide bonds. The summed E-state index contributed by atoms with van der Waals surface area (Å²) in [6.07, 6.45) is 0. The van der Waals surface area contributed by atoms with Crippen LogP contribution >= 0.6 is 11.6 Å². The topological polar surface area (TPSA) is 29.1 Å². The summed E-state index contributed by atoms with van der Waals surface area (Å²) in [4.78, 5) is 0.838. The van der Waals surface area contributed by atoms with E-state index < -0.39 is 10.8 Å². The summed E-state index contributed by atoms with van der Waals surface area (Å²) in [5, 5.41) is 3.87. The van der Waals surface area contributed by atoms with Gasteiger partial charge < -0.3 is 5.32 Å². The van der Waals surface area contributed by atoms with E-state index in [2.05, 4.69) is 19.2 Å². The van der Waals surface area contributed by atoms with Crippen LogP contribution in [0.15, 0.2) is 29.2 Å². The van der Waals surface area contributed by atoms with Crippen molar-refractivity contribution in [2.75, 3.05) is 12.8 Å². The summed E-state index contributed by atoms with van der Waals surface area (Å²) in [6, 6.07) is 7.48. The molecular weight excluding hydrogens is 242 g/mol. The van der Waals surface area contributed by atoms with Gasteiger partial charge >= 0.3 is 0 Å². The molecule has 1 aromatic carbocycles. The Morgan fingerprint density at radius 2 is 1.88 bits per heavy atom. The molecule has 0 aliphatic carbocycles. The molecule has 16 heavy (non-hydrogen) atoms. The zero-order valence-electron chi connectivity index (χ0n) is 9.87. The lowest BCUT2D eigenvalue weighted by atomic mass is 10.1. The van der Waals surface area contributed by atoms with E-state index in [1.165, 1.54) is 0 Å². The van der Waals surface area contributed by atoms with Crippen LogP contribution in [-0.2, 0) is 10.8 Å². The molecule has 0 saturated carbocycles. The molecule has 1 aromatic rings. The molecule has 4 heteroatoms. The van der Waals surface area contributed by atoms with Crippen LogP contribution in [0.2, 0.25) is 5.02 Å². The van der Waals surface area contributed by atoms with Crippen LogP contribution in [0.25, 0.3) is 0 Å². The third-order valence-corrected chi connectivity index (χ3v) is 4.29. The second-order valence-corrected chi connectivity index (χ2v) is 6.04. The van der Waals surface area contributed by atoms with Crippen molar-refractivity contribution in [3.8, 4) is 0 Å². The zero-order chi connectivity index (χ0) is 12.1. The van der Waals surface area contributed by atoms with Crippen molar-refractivity contribution < 1.29 is 4.21 Å². The number of nitrogens with one attached hydrogen (secondary N) is 1. The first-order valence-electron chi connectivity index (χ1n) is 5.35. The van der Waals surface area contributed by atoms with Gasteiger partial charge in [0.25, 0.3) is 0 Å². The largest absolute Gasteiger partial charge is 0.316 e. The highest BCUT2D eigenvalue weighted by Crippen LogP contribution is 2.14. The number of rotatable bonds is 5. The molecule has 2 nitrogen and oxygen atoms in total. The molecule has 0 saturated heterocycles. The van der Waals surface area contributed by atoms with E-state index in [9.17, 15) is 4.21 Å². The monoisotopic (exact) mass is 259 g/mol. The van der Waals surface area contributed by atoms with Crippen LogP contribution < -0.4 is 5.32 Å². The Kier molecular flexibility index (Phi) is 5.46. The van der Waals surface area contributed by atoms with Crippen molar-refractivity contribution in [1.82, 2.24) is 5.32 Å². The van der Waals surface area contributed by atoms with Crippen molar-refractivity contribution in [1.29, 1.82) is 0 Å². The second-order valence-electron chi connectivity index (χ2n) is 4.11. The van der Waals surface area contributed by atoms with Gasteiger partial charge in [-0.2, -0.15) is 0 Å². The Bertz CT molecular complexity index is 351. The molecule has 2 atom stereocenters. The maximum Gasteiger partial charge on any atom is 0.0545 e. The minimum atomic E-state index is -0.963. The quantitative estimate of drug-likeness (QED) is 0.881. The third-order valence-electron chi connectivity index (χ3n) is 2.58. The van der Waals surface area contributed by atoms with Crippen LogP contribution in [0.3, 0.4) is 0 Å². The lowest BCUT2D eigenvalue weighted by Crippen LogP contribution is -2.35. The van der Waals surface area contributed by atoms with Gasteiger partial charge in [0.15, 0.2) is 0 Å². The predicted molar refractivity (Wildman–Crippen MR) is 70.4 cm³/mol. The first-order valence-corrected chi connectivity index (χ1v) is 7.05. The van der Waals surface area contributed by atoms with E-state index in [0.29, 0.717) is 16.7 Å². The average molecular weight is 260 g/mol. The fourth-order valence-electron chi connectivity index (χ4n) is 1.45. The molecule has 0 bridgehead atoms. The Labute approximate surface area is 105 Å². The second kappa shape index (κ2) is 6.38. The highest BCUT2D eigenvalue weighted by atomic mass is 35.5. The van der Waals surface area contributed by atoms with Gasteiger partial charge in [0.1, 0.15) is 0 Å². The summed E-state index contributed by atoms with van der Waals surface area (Å²) in [6.45, 7) is 4.25. The third kappa shape index (κ3) is 3.89. The Morgan fingerprint density at radius 3 is 2.31 bits per heavy atom. The summed E-state index contributed by atoms with van der Waals surface area (Å²) in [7, 11) is 0.943. The van der Waals surface area contributed by atoms with Gasteiger partial charge in [0.2, 0.25) is 0 Å². The molecule has 0 aliphatic rings. The minimum Gasteiger partial charge on any atom is -0.316 e. The molecule has 1 rings (SSSR count). The van der Waals surface area contributed by atoms with Crippen molar-refractivity contribution in [3.63, 3.8) is 0 Å². The summed E-state index contributed by atoms with van der Waals surface area (Å²) >= 11 is 5.79. The summed E-state index contributed by atoms with van der Waals surface area (Å²) in [5.41, 5.74) is 0. The molecular formula is C12H18ClNOS. The van der Waals surface area contributed by atoms with E-state index in [4.69, 9.17) is 11.6 Å². The van der Waals surface area contributed by atoms with Crippen LogP contribution in [0.5, 0.6) is 0 Å². The molecule has 0 heterocycles. The number of benzene rings is 1. The first kappa shape index (κ1) is 13.7. The highest BCUT2D eigenvalue weighted by molar-refractivity contribution is 7.85. The van der Waals surface area contributed by atoms with E-state index in [-0.39, 0.29) is 6.04 Å². The molecule has 1 N–H and O–H groups in total. The molecule has 0 radical (unpaired) electrons. The van der Waals surface area contributed by atoms with Gasteiger partial charge in [-0.25, -0.2) is 0 Å². The van der Waals surface area contributed by atoms with E-state index in [1.54, 1.807) is 12.1 Å². The fourth-order valence-corrected chi connectivity index (χ4v) is 3.09. The van der Waals surface area contributed by atoms with E-state index >= 15 is 0 Å². The normalized spacial score (nSPS) is 15.1. The van der Waals surface area contributed by atoms with Gasteiger partial charge in [-0.3, -0.25) is 4.21 Å². The van der Waals surface area contributed by atoms with Crippen molar-refractivity contribution in [2.45, 2.75) is 24.8 Å². The van der Waals surface area contributed by atoms with Crippen LogP contribution in [0, 0.1) is 5.92 Å². The van der Waals surface area contributed by atoms with Gasteiger partial charge in [-0.15, -0.1) is 0 Å². The van der Waals surface area contributed by atoms with Crippen LogP contribution in [0.1, 0.15) is 13.8 Å². The number of halogens is 1. The molecule has 2 unspecified atom stereocenters. The number of hydrogen-bond acceptors (Lipinski definition) is 2. The SMILES string of the molecule is CNC(CS(=O)c1ccc(Cl)cc1)C(C)C. The van der Waals surface area contributed by atoms with Crippen LogP contribution in [-0.4, -0.2) is 23.1 Å². The maximum atomic E-state index is 12.1. The molecule has 0 aromatic heterocycles. The predicted octanol–water partition coefficient (Wildman–Crippen LogP) is 2.69. The van der Waals surface area contributed by atoms with Gasteiger partial charge in [0.05, 0.1) is 10.8 Å². The maximum absolute atomic E-state index is 12.1. The van der Waals surface area contributed by atoms with Crippen molar-refractivity contribution in [2.24, 2.45) is 5.92 Å². The molecule has 0 aliphatic heterocycles. The highest BCUT2D eigenvalue weighted by Gasteiger charge is 2.15. The first-order chi connectivity index (χ1) is 7.54. The van der Waals surface area contributed by atoms with Gasteiger partial charge in [0, 0.05) is 21.7 Å². The molecule has 90 valence electrons. The van der Waals surface area contributed by atoms with Gasteiger partial charge in [-0.05, 0) is 37.2 Å². The Balaban J connectivity index is 2.68. The lowest BCUT2D eigenvalue weighted by Gasteiger charge is -2.19. The zero-order valence-corrected chi connectivity index (χ0v) is 11.4. The Hall–Kier alpha value is -0.380. The molecule has 0 spiro atoms. The van der Waals surface area contributed by atoms with E-state index in [0.717, 1.165) is 4.90 Å². The lowest BCUT2D eigenvalue weighted by molar-refractivity contribution is 0.462. The van der Waals surface area contributed by atoms with Crippen molar-refractivity contribution in [3.05, 3.63) is 29.3 Å². The smallest absolute Gasteiger partial charge is 0.0545 e. The molecule has 0 fully saturated rings. The number of hydrogen-bond donors (Lipinski definition) is 1. The Morgan fingerprint density at radius 1 is 1.31 bits per heavy atom. The summed E-state index contributed by atoms with van der Waals surface area (Å²) in [5.74, 6) is 1.11. The summed E-state index contributed by atoms with van der Waals surface area (Å²) < 4.78 is 12.1. The van der Waals surface area contributed by atoms with Crippen LogP contribution in [0.4, 0.5) is 0 Å². The van der Waals surface area contributed by atoms with Crippen molar-refractivity contribution >= 4 is 22.4 Å². The van der Waals surface area contributed by atoms with Gasteiger partial charge in [-0.1, -0.05) is 25.4 Å². The average Bonchev–Trinajstić information content (AvgIpc) is 2.26. The standard InChI is InChI=1S/C12H18ClNOS/c1-9(2)12(14-3)8-16(15)11-6-4-10(13)5-7-11/h4-7,9,12,14H,8H2,1-3H3. The fraction of sp³-hybridized carbons (Fsp3) is 0.500.